The Morgan fingerprint density at radius 1 is 0.938 bits per heavy atom. The van der Waals surface area contributed by atoms with Crippen LogP contribution in [0.1, 0.15) is 6.23 Å². The number of nitrogens with one attached hydrogen (secondary N) is 1. The van der Waals surface area contributed by atoms with Crippen molar-refractivity contribution in [3.8, 4) is 0 Å². The van der Waals surface area contributed by atoms with E-state index in [0.717, 1.165) is 0 Å². The Bertz CT molecular complexity index is 965. The fourth-order valence-corrected chi connectivity index (χ4v) is 3.32. The molecule has 4 heterocycles. The number of nitrogen functional groups attached to an aromatic ring is 1. The second-order valence-electron chi connectivity index (χ2n) is 7.22. The van der Waals surface area contributed by atoms with Crippen LogP contribution in [0.5, 0.6) is 0 Å². The molecule has 11 N–H and O–H groups in total. The highest BCUT2D eigenvalue weighted by Crippen LogP contribution is 2.30. The quantitative estimate of drug-likeness (QED) is 0.203. The minimum absolute atomic E-state index is 0.0388. The number of H-pyrrole nitrogens is 1. The van der Waals surface area contributed by atoms with Crippen molar-refractivity contribution in [1.29, 1.82) is 0 Å². The van der Waals surface area contributed by atoms with Crippen molar-refractivity contribution in [2.75, 3.05) is 18.9 Å². The van der Waals surface area contributed by atoms with Gasteiger partial charge >= 0.3 is 0 Å². The van der Waals surface area contributed by atoms with E-state index in [4.69, 9.17) is 41.1 Å². The van der Waals surface area contributed by atoms with Crippen molar-refractivity contribution < 1.29 is 50.3 Å². The highest BCUT2D eigenvalue weighted by Gasteiger charge is 2.44. The molecule has 180 valence electrons. The van der Waals surface area contributed by atoms with E-state index < -0.39 is 74.0 Å². The molecule has 16 heteroatoms. The first-order chi connectivity index (χ1) is 15.1. The molecule has 2 aliphatic rings. The maximum atomic E-state index is 11.7. The summed E-state index contributed by atoms with van der Waals surface area (Å²) in [5.74, 6) is -0.101. The number of fused-ring (bicyclic) bond motifs is 1. The molecule has 0 bridgehead atoms. The average Bonchev–Trinajstić information content (AvgIpc) is 3.30. The molecule has 0 amide bonds. The molecular weight excluding hydrogens is 438 g/mol. The molecule has 4 rings (SSSR count). The van der Waals surface area contributed by atoms with Gasteiger partial charge in [-0.15, -0.1) is 0 Å². The number of hydrogen-bond acceptors (Lipinski definition) is 14. The summed E-state index contributed by atoms with van der Waals surface area (Å²) in [6.07, 6.45) is -10.3. The van der Waals surface area contributed by atoms with Gasteiger partial charge in [-0.05, 0) is 0 Å². The normalized spacial score (nSPS) is 37.3. The number of aromatic nitrogens is 4. The molecule has 0 spiro atoms. The summed E-state index contributed by atoms with van der Waals surface area (Å²) in [7, 11) is 0. The minimum atomic E-state index is -1.57. The van der Waals surface area contributed by atoms with Gasteiger partial charge in [0, 0.05) is 0 Å². The molecule has 2 aromatic rings. The summed E-state index contributed by atoms with van der Waals surface area (Å²) >= 11 is 0. The van der Waals surface area contributed by atoms with Gasteiger partial charge in [0.15, 0.2) is 23.7 Å². The van der Waals surface area contributed by atoms with Crippen LogP contribution in [0.4, 0.5) is 5.95 Å². The zero-order valence-corrected chi connectivity index (χ0v) is 16.4. The molecule has 2 aromatic heterocycles. The van der Waals surface area contributed by atoms with Crippen LogP contribution >= 0.6 is 0 Å². The number of aromatic amines is 1. The third kappa shape index (κ3) is 4.46. The fourth-order valence-electron chi connectivity index (χ4n) is 3.32. The smallest absolute Gasteiger partial charge is 0.280 e. The van der Waals surface area contributed by atoms with Gasteiger partial charge in [-0.1, -0.05) is 0 Å². The van der Waals surface area contributed by atoms with E-state index in [1.165, 1.54) is 10.9 Å². The Morgan fingerprint density at radius 3 is 2.12 bits per heavy atom. The molecule has 16 nitrogen and oxygen atoms in total. The van der Waals surface area contributed by atoms with E-state index in [2.05, 4.69) is 19.7 Å². The predicted octanol–water partition coefficient (Wildman–Crippen LogP) is -5.91. The van der Waals surface area contributed by atoms with E-state index in [-0.39, 0.29) is 17.1 Å². The second kappa shape index (κ2) is 9.71. The lowest BCUT2D eigenvalue weighted by Crippen LogP contribution is -2.58. The maximum absolute atomic E-state index is 11.7. The Morgan fingerprint density at radius 2 is 1.53 bits per heavy atom. The first-order valence-corrected chi connectivity index (χ1v) is 9.44. The SMILES string of the molecule is Nc1nc2c(ncn2[C@@H]2O[C@H](CO)[C@H](O)C2O)c(=O)[nH]1.OC[C@H]1OC(O)[C@@H](O)[C@@H](O)[C@@H]1O. The number of imidazole rings is 1. The molecule has 2 unspecified atom stereocenters. The molecule has 0 aliphatic carbocycles. The first-order valence-electron chi connectivity index (χ1n) is 9.44. The average molecular weight is 463 g/mol. The molecule has 0 aromatic carbocycles. The van der Waals surface area contributed by atoms with Gasteiger partial charge in [0.05, 0.1) is 19.5 Å². The Labute approximate surface area is 178 Å². The van der Waals surface area contributed by atoms with Crippen LogP contribution in [0, 0.1) is 0 Å². The Kier molecular flexibility index (Phi) is 7.40. The number of nitrogens with two attached hydrogens (primary N) is 1. The number of hydrogen-bond donors (Lipinski definition) is 10. The van der Waals surface area contributed by atoms with Gasteiger partial charge in [-0.2, -0.15) is 4.98 Å². The van der Waals surface area contributed by atoms with Crippen molar-refractivity contribution in [3.05, 3.63) is 16.7 Å². The molecule has 9 atom stereocenters. The summed E-state index contributed by atoms with van der Waals surface area (Å²) in [6.45, 7) is -0.973. The Balaban J connectivity index is 0.000000207. The van der Waals surface area contributed by atoms with E-state index in [9.17, 15) is 15.0 Å². The number of aliphatic hydroxyl groups is 8. The largest absolute Gasteiger partial charge is 0.394 e. The summed E-state index contributed by atoms with van der Waals surface area (Å²) in [5, 5.41) is 73.4. The van der Waals surface area contributed by atoms with Crippen LogP contribution in [0.2, 0.25) is 0 Å². The summed E-state index contributed by atoms with van der Waals surface area (Å²) in [5.41, 5.74) is 5.12. The number of nitrogens with zero attached hydrogens (tertiary/aromatic N) is 3. The van der Waals surface area contributed by atoms with Gasteiger partial charge in [0.2, 0.25) is 5.95 Å². The lowest BCUT2D eigenvalue weighted by molar-refractivity contribution is -0.286. The van der Waals surface area contributed by atoms with Gasteiger partial charge in [0.1, 0.15) is 42.7 Å². The van der Waals surface area contributed by atoms with Crippen LogP contribution in [0.15, 0.2) is 11.1 Å². The molecular formula is C16H25N5O11. The number of anilines is 1. The van der Waals surface area contributed by atoms with E-state index >= 15 is 0 Å². The molecule has 2 saturated heterocycles. The van der Waals surface area contributed by atoms with Crippen molar-refractivity contribution in [1.82, 2.24) is 19.5 Å². The second-order valence-corrected chi connectivity index (χ2v) is 7.22. The minimum Gasteiger partial charge on any atom is -0.394 e. The first kappa shape index (κ1) is 24.4. The highest BCUT2D eigenvalue weighted by molar-refractivity contribution is 5.70. The monoisotopic (exact) mass is 463 g/mol. The van der Waals surface area contributed by atoms with Crippen LogP contribution in [-0.4, -0.2) is 123 Å². The lowest BCUT2D eigenvalue weighted by Gasteiger charge is -2.37. The third-order valence-electron chi connectivity index (χ3n) is 5.11. The summed E-state index contributed by atoms with van der Waals surface area (Å²) in [6, 6.07) is 0. The zero-order chi connectivity index (χ0) is 23.7. The zero-order valence-electron chi connectivity index (χ0n) is 16.4. The van der Waals surface area contributed by atoms with Crippen LogP contribution < -0.4 is 11.3 Å². The predicted molar refractivity (Wildman–Crippen MR) is 102 cm³/mol. The molecule has 32 heavy (non-hydrogen) atoms. The van der Waals surface area contributed by atoms with Gasteiger partial charge in [-0.3, -0.25) is 14.3 Å². The summed E-state index contributed by atoms with van der Waals surface area (Å²) in [4.78, 5) is 21.8. The molecule has 2 fully saturated rings. The maximum Gasteiger partial charge on any atom is 0.280 e. The van der Waals surface area contributed by atoms with Gasteiger partial charge < -0.3 is 56.1 Å². The van der Waals surface area contributed by atoms with Crippen LogP contribution in [0.3, 0.4) is 0 Å². The van der Waals surface area contributed by atoms with Crippen molar-refractivity contribution >= 4 is 17.1 Å². The summed E-state index contributed by atoms with van der Waals surface area (Å²) < 4.78 is 11.2. The van der Waals surface area contributed by atoms with Crippen molar-refractivity contribution in [3.63, 3.8) is 0 Å². The molecule has 0 radical (unpaired) electrons. The topological polar surface area (TPSA) is 270 Å². The number of rotatable bonds is 3. The lowest BCUT2D eigenvalue weighted by atomic mass is 10.00. The third-order valence-corrected chi connectivity index (χ3v) is 5.11. The fraction of sp³-hybridized carbons (Fsp3) is 0.688. The van der Waals surface area contributed by atoms with Crippen molar-refractivity contribution in [2.24, 2.45) is 0 Å². The van der Waals surface area contributed by atoms with Crippen LogP contribution in [0.25, 0.3) is 11.2 Å². The standard InChI is InChI=1S/C10H13N5O5.C6H12O6/c11-10-13-7-4(8(19)14-10)12-2-15(7)9-6(18)5(17)3(1-16)20-9;7-1-2-3(8)4(9)5(10)6(11)12-2/h2-3,5-6,9,16-18H,1H2,(H3,11,13,14,19);2-11H,1H2/t3-,5+,6?,9-;2-,3-,4+,5+,6?/m11/s1. The van der Waals surface area contributed by atoms with E-state index in [1.807, 2.05) is 0 Å². The Hall–Kier alpha value is -2.25. The molecule has 2 aliphatic heterocycles. The van der Waals surface area contributed by atoms with Gasteiger partial charge in [-0.25, -0.2) is 4.98 Å². The van der Waals surface area contributed by atoms with E-state index in [1.54, 1.807) is 0 Å². The number of ether oxygens (including phenoxy) is 2. The van der Waals surface area contributed by atoms with Gasteiger partial charge in [0.25, 0.3) is 5.56 Å². The highest BCUT2D eigenvalue weighted by atomic mass is 16.6. The van der Waals surface area contributed by atoms with Crippen LogP contribution in [-0.2, 0) is 9.47 Å². The van der Waals surface area contributed by atoms with Crippen molar-refractivity contribution in [2.45, 2.75) is 55.2 Å². The number of aliphatic hydroxyl groups excluding tert-OH is 8. The molecule has 0 saturated carbocycles. The van der Waals surface area contributed by atoms with E-state index in [0.29, 0.717) is 0 Å².